The van der Waals surface area contributed by atoms with Crippen molar-refractivity contribution in [2.75, 3.05) is 0 Å². The maximum atomic E-state index is 11.7. The summed E-state index contributed by atoms with van der Waals surface area (Å²) < 4.78 is 17.0. The van der Waals surface area contributed by atoms with Crippen LogP contribution in [-0.4, -0.2) is 36.2 Å². The minimum absolute atomic E-state index is 0.403. The first-order valence-corrected chi connectivity index (χ1v) is 7.49. The van der Waals surface area contributed by atoms with Crippen molar-refractivity contribution in [2.45, 2.75) is 71.6 Å². The fraction of sp³-hybridized carbons (Fsp3) is 0.733. The molecule has 0 radical (unpaired) electrons. The van der Waals surface area contributed by atoms with Gasteiger partial charge >= 0.3 is 13.2 Å². The molecular weight excluding hydrogens is 283 g/mol. The first kappa shape index (κ1) is 18.9. The Morgan fingerprint density at radius 2 is 1.73 bits per heavy atom. The SMILES string of the molecule is CC(C)(C)OC(=O)[NH2+]/C=C(\C=N)CB1OC(C)(C)C(C)(C)O1. The largest absolute Gasteiger partial charge is 0.517 e. The lowest BCUT2D eigenvalue weighted by Crippen LogP contribution is -2.83. The van der Waals surface area contributed by atoms with Crippen molar-refractivity contribution in [3.05, 3.63) is 11.8 Å². The van der Waals surface area contributed by atoms with Crippen LogP contribution in [0.2, 0.25) is 6.32 Å². The van der Waals surface area contributed by atoms with Crippen LogP contribution in [0.15, 0.2) is 11.8 Å². The Morgan fingerprint density at radius 1 is 1.23 bits per heavy atom. The Bertz CT molecular complexity index is 451. The molecule has 6 nitrogen and oxygen atoms in total. The van der Waals surface area contributed by atoms with Crippen LogP contribution >= 0.6 is 0 Å². The van der Waals surface area contributed by atoms with Crippen molar-refractivity contribution in [2.24, 2.45) is 0 Å². The van der Waals surface area contributed by atoms with Gasteiger partial charge in [0.25, 0.3) is 0 Å². The highest BCUT2D eigenvalue weighted by molar-refractivity contribution is 6.47. The van der Waals surface area contributed by atoms with Crippen LogP contribution in [0.1, 0.15) is 48.5 Å². The van der Waals surface area contributed by atoms with Gasteiger partial charge < -0.3 is 19.5 Å². The average Bonchev–Trinajstić information content (AvgIpc) is 2.50. The van der Waals surface area contributed by atoms with Crippen molar-refractivity contribution >= 4 is 19.4 Å². The zero-order chi connectivity index (χ0) is 17.2. The molecule has 1 amide bonds. The maximum absolute atomic E-state index is 11.7. The molecule has 1 aliphatic rings. The number of carbonyl (C=O) groups is 1. The van der Waals surface area contributed by atoms with Crippen LogP contribution < -0.4 is 5.32 Å². The van der Waals surface area contributed by atoms with E-state index in [1.807, 2.05) is 48.5 Å². The molecule has 0 aromatic rings. The second-order valence-electron chi connectivity index (χ2n) is 7.48. The Balaban J connectivity index is 2.61. The van der Waals surface area contributed by atoms with Crippen molar-refractivity contribution in [1.29, 1.82) is 5.41 Å². The predicted molar refractivity (Wildman–Crippen MR) is 85.9 cm³/mol. The van der Waals surface area contributed by atoms with Crippen LogP contribution in [-0.2, 0) is 14.0 Å². The van der Waals surface area contributed by atoms with Gasteiger partial charge in [-0.05, 0) is 48.5 Å². The van der Waals surface area contributed by atoms with E-state index in [0.717, 1.165) is 0 Å². The molecule has 1 saturated heterocycles. The molecule has 0 spiro atoms. The molecule has 3 N–H and O–H groups in total. The van der Waals surface area contributed by atoms with E-state index in [-0.39, 0.29) is 0 Å². The Hall–Kier alpha value is -1.18. The number of primary amides is 1. The third kappa shape index (κ3) is 5.23. The molecule has 1 aliphatic heterocycles. The third-order valence-corrected chi connectivity index (χ3v) is 3.73. The van der Waals surface area contributed by atoms with Gasteiger partial charge in [0.05, 0.1) is 11.2 Å². The van der Waals surface area contributed by atoms with Gasteiger partial charge in [-0.2, -0.15) is 4.79 Å². The maximum Gasteiger partial charge on any atom is 0.517 e. The highest BCUT2D eigenvalue weighted by Gasteiger charge is 2.50. The van der Waals surface area contributed by atoms with E-state index in [0.29, 0.717) is 11.9 Å². The van der Waals surface area contributed by atoms with Gasteiger partial charge in [0, 0.05) is 18.1 Å². The van der Waals surface area contributed by atoms with Gasteiger partial charge in [0.1, 0.15) is 11.8 Å². The summed E-state index contributed by atoms with van der Waals surface area (Å²) in [5, 5.41) is 8.80. The molecule has 0 bridgehead atoms. The number of quaternary nitrogens is 1. The molecule has 7 heteroatoms. The normalized spacial score (nSPS) is 20.9. The smallest absolute Gasteiger partial charge is 0.414 e. The van der Waals surface area contributed by atoms with E-state index >= 15 is 0 Å². The van der Waals surface area contributed by atoms with E-state index in [2.05, 4.69) is 0 Å². The number of rotatable bonds is 4. The van der Waals surface area contributed by atoms with E-state index in [1.165, 1.54) is 11.5 Å². The molecular formula is C15H28BN2O4+. The lowest BCUT2D eigenvalue weighted by Gasteiger charge is -2.32. The van der Waals surface area contributed by atoms with E-state index in [1.54, 1.807) is 6.20 Å². The summed E-state index contributed by atoms with van der Waals surface area (Å²) in [7, 11) is -0.426. The zero-order valence-electron chi connectivity index (χ0n) is 14.6. The van der Waals surface area contributed by atoms with Crippen LogP contribution in [0, 0.1) is 5.41 Å². The van der Waals surface area contributed by atoms with Gasteiger partial charge in [0.15, 0.2) is 0 Å². The summed E-state index contributed by atoms with van der Waals surface area (Å²) in [5.74, 6) is 0. The van der Waals surface area contributed by atoms with E-state index < -0.39 is 30.0 Å². The van der Waals surface area contributed by atoms with Crippen molar-refractivity contribution in [3.63, 3.8) is 0 Å². The topological polar surface area (TPSA) is 85.2 Å². The second kappa shape index (κ2) is 6.52. The molecule has 22 heavy (non-hydrogen) atoms. The van der Waals surface area contributed by atoms with Crippen molar-refractivity contribution in [1.82, 2.24) is 0 Å². The van der Waals surface area contributed by atoms with E-state index in [9.17, 15) is 4.79 Å². The minimum Gasteiger partial charge on any atom is -0.414 e. The molecule has 124 valence electrons. The standard InChI is InChI=1S/C15H27BN2O4/c1-13(2,3)20-12(19)18-10-11(9-17)8-16-21-14(4,5)15(6,7)22-16/h9-10,17H,8H2,1-7H3,(H,18,19)/p+1/b11-10-,17-9?. The van der Waals surface area contributed by atoms with Gasteiger partial charge in [0.2, 0.25) is 0 Å². The first-order chi connectivity index (χ1) is 9.86. The summed E-state index contributed by atoms with van der Waals surface area (Å²) >= 11 is 0. The van der Waals surface area contributed by atoms with Gasteiger partial charge in [-0.25, -0.2) is 5.32 Å². The van der Waals surface area contributed by atoms with Gasteiger partial charge in [-0.3, -0.25) is 0 Å². The van der Waals surface area contributed by atoms with Crippen molar-refractivity contribution < 1.29 is 24.2 Å². The fourth-order valence-corrected chi connectivity index (χ4v) is 1.93. The van der Waals surface area contributed by atoms with Crippen LogP contribution in [0.25, 0.3) is 0 Å². The highest BCUT2D eigenvalue weighted by atomic mass is 16.7. The molecule has 0 aromatic heterocycles. The van der Waals surface area contributed by atoms with Crippen LogP contribution in [0.5, 0.6) is 0 Å². The summed E-state index contributed by atoms with van der Waals surface area (Å²) in [6.45, 7) is 13.3. The summed E-state index contributed by atoms with van der Waals surface area (Å²) in [5.41, 5.74) is -0.693. The number of nitrogens with one attached hydrogen (secondary N) is 1. The average molecular weight is 311 g/mol. The fourth-order valence-electron chi connectivity index (χ4n) is 1.93. The van der Waals surface area contributed by atoms with Crippen molar-refractivity contribution in [3.8, 4) is 0 Å². The summed E-state index contributed by atoms with van der Waals surface area (Å²) in [4.78, 5) is 11.7. The Morgan fingerprint density at radius 3 is 2.14 bits per heavy atom. The summed E-state index contributed by atoms with van der Waals surface area (Å²) in [6, 6.07) is 0. The molecule has 0 saturated carbocycles. The Labute approximate surface area is 133 Å². The molecule has 0 atom stereocenters. The number of hydrogen-bond donors (Lipinski definition) is 2. The molecule has 0 aliphatic carbocycles. The number of carbonyl (C=O) groups excluding carboxylic acids is 1. The molecule has 1 rings (SSSR count). The molecule has 0 unspecified atom stereocenters. The molecule has 1 heterocycles. The predicted octanol–water partition coefficient (Wildman–Crippen LogP) is 2.11. The quantitative estimate of drug-likeness (QED) is 0.615. The number of allylic oxidation sites excluding steroid dienone is 1. The van der Waals surface area contributed by atoms with Crippen LogP contribution in [0.4, 0.5) is 4.79 Å². The van der Waals surface area contributed by atoms with Gasteiger partial charge in [-0.1, -0.05) is 0 Å². The lowest BCUT2D eigenvalue weighted by atomic mass is 9.81. The van der Waals surface area contributed by atoms with Gasteiger partial charge in [-0.15, -0.1) is 0 Å². The van der Waals surface area contributed by atoms with Crippen LogP contribution in [0.3, 0.4) is 0 Å². The lowest BCUT2D eigenvalue weighted by molar-refractivity contribution is -0.503. The first-order valence-electron chi connectivity index (χ1n) is 7.49. The number of hydrogen-bond acceptors (Lipinski definition) is 5. The zero-order valence-corrected chi connectivity index (χ0v) is 14.6. The van der Waals surface area contributed by atoms with E-state index in [4.69, 9.17) is 19.5 Å². The number of amides is 1. The number of ether oxygens (including phenoxy) is 1. The highest BCUT2D eigenvalue weighted by Crippen LogP contribution is 2.38. The Kier molecular flexibility index (Phi) is 5.59. The molecule has 0 aromatic carbocycles. The minimum atomic E-state index is -0.530. The summed E-state index contributed by atoms with van der Waals surface area (Å²) in [6.07, 6.45) is 2.76. The second-order valence-corrected chi connectivity index (χ2v) is 7.48. The molecule has 1 fully saturated rings. The third-order valence-electron chi connectivity index (χ3n) is 3.73. The number of nitrogens with two attached hydrogens (primary N) is 1. The monoisotopic (exact) mass is 311 g/mol.